The molecule has 1 rings (SSSR count). The van der Waals surface area contributed by atoms with Crippen LogP contribution in [0.2, 0.25) is 0 Å². The van der Waals surface area contributed by atoms with Crippen molar-refractivity contribution in [3.63, 3.8) is 0 Å². The molecule has 116 valence electrons. The molecule has 21 heavy (non-hydrogen) atoms. The Labute approximate surface area is 124 Å². The van der Waals surface area contributed by atoms with Gasteiger partial charge < -0.3 is 9.84 Å². The van der Waals surface area contributed by atoms with Gasteiger partial charge in [0.15, 0.2) is 0 Å². The Morgan fingerprint density at radius 1 is 1.43 bits per heavy atom. The molecule has 5 nitrogen and oxygen atoms in total. The van der Waals surface area contributed by atoms with Crippen LogP contribution in [0.3, 0.4) is 0 Å². The second-order valence-corrected chi connectivity index (χ2v) is 6.17. The zero-order chi connectivity index (χ0) is 15.9. The van der Waals surface area contributed by atoms with Crippen molar-refractivity contribution in [3.8, 4) is 11.8 Å². The Kier molecular flexibility index (Phi) is 6.78. The third-order valence-electron chi connectivity index (χ3n) is 2.71. The zero-order valence-corrected chi connectivity index (χ0v) is 12.8. The van der Waals surface area contributed by atoms with Gasteiger partial charge in [-0.15, -0.1) is 0 Å². The molecule has 0 atom stereocenters. The van der Waals surface area contributed by atoms with Crippen LogP contribution in [0, 0.1) is 17.7 Å². The summed E-state index contributed by atoms with van der Waals surface area (Å²) in [5, 5.41) is 8.57. The molecule has 0 aromatic heterocycles. The fraction of sp³-hybridized carbons (Fsp3) is 0.429. The topological polar surface area (TPSA) is 66.8 Å². The largest absolute Gasteiger partial charge is 0.384 e. The van der Waals surface area contributed by atoms with E-state index in [1.54, 1.807) is 0 Å². The molecule has 0 aliphatic heterocycles. The van der Waals surface area contributed by atoms with Crippen molar-refractivity contribution >= 4 is 10.0 Å². The number of benzene rings is 1. The lowest BCUT2D eigenvalue weighted by Crippen LogP contribution is -2.30. The van der Waals surface area contributed by atoms with Crippen LogP contribution < -0.4 is 0 Å². The molecule has 1 N–H and O–H groups in total. The molecule has 0 radical (unpaired) electrons. The molecule has 0 heterocycles. The third-order valence-corrected chi connectivity index (χ3v) is 4.56. The maximum absolute atomic E-state index is 13.8. The number of aliphatic hydroxyl groups excluding tert-OH is 1. The summed E-state index contributed by atoms with van der Waals surface area (Å²) in [5.41, 5.74) is 0.0416. The van der Waals surface area contributed by atoms with E-state index in [0.717, 1.165) is 10.4 Å². The molecule has 0 aliphatic carbocycles. The van der Waals surface area contributed by atoms with Crippen LogP contribution in [0.1, 0.15) is 12.5 Å². The average Bonchev–Trinajstić information content (AvgIpc) is 2.46. The van der Waals surface area contributed by atoms with Crippen molar-refractivity contribution in [2.75, 3.05) is 33.4 Å². The number of aliphatic hydroxyl groups is 1. The van der Waals surface area contributed by atoms with Crippen molar-refractivity contribution in [1.82, 2.24) is 4.31 Å². The summed E-state index contributed by atoms with van der Waals surface area (Å²) in [6.45, 7) is 2.38. The maximum Gasteiger partial charge on any atom is 0.242 e. The zero-order valence-electron chi connectivity index (χ0n) is 12.0. The Balaban J connectivity index is 2.96. The van der Waals surface area contributed by atoms with Gasteiger partial charge in [-0.25, -0.2) is 12.8 Å². The summed E-state index contributed by atoms with van der Waals surface area (Å²) in [4.78, 5) is -0.145. The van der Waals surface area contributed by atoms with Crippen LogP contribution in [-0.4, -0.2) is 51.2 Å². The van der Waals surface area contributed by atoms with Crippen LogP contribution in [0.4, 0.5) is 4.39 Å². The highest BCUT2D eigenvalue weighted by Gasteiger charge is 2.21. The lowest BCUT2D eigenvalue weighted by Gasteiger charge is -2.17. The van der Waals surface area contributed by atoms with Crippen molar-refractivity contribution in [1.29, 1.82) is 0 Å². The van der Waals surface area contributed by atoms with Crippen LogP contribution >= 0.6 is 0 Å². The first-order valence-corrected chi connectivity index (χ1v) is 7.80. The van der Waals surface area contributed by atoms with Gasteiger partial charge in [0, 0.05) is 20.2 Å². The molecule has 1 aromatic carbocycles. The van der Waals surface area contributed by atoms with E-state index in [9.17, 15) is 12.8 Å². The number of likely N-dealkylation sites (N-methyl/N-ethyl adjacent to an activating group) is 1. The predicted molar refractivity (Wildman–Crippen MR) is 76.7 cm³/mol. The molecular formula is C14H18FNO4S. The Bertz CT molecular complexity index is 634. The van der Waals surface area contributed by atoms with E-state index in [-0.39, 0.29) is 30.2 Å². The van der Waals surface area contributed by atoms with E-state index in [1.165, 1.54) is 19.2 Å². The van der Waals surface area contributed by atoms with Crippen molar-refractivity contribution < 1.29 is 22.7 Å². The van der Waals surface area contributed by atoms with Crippen LogP contribution in [0.25, 0.3) is 0 Å². The lowest BCUT2D eigenvalue weighted by molar-refractivity contribution is 0.138. The molecule has 1 aromatic rings. The minimum Gasteiger partial charge on any atom is -0.384 e. The van der Waals surface area contributed by atoms with E-state index in [2.05, 4.69) is 11.8 Å². The first-order chi connectivity index (χ1) is 9.93. The highest BCUT2D eigenvalue weighted by Crippen LogP contribution is 2.17. The highest BCUT2D eigenvalue weighted by molar-refractivity contribution is 7.89. The molecule has 0 saturated heterocycles. The second-order valence-electron chi connectivity index (χ2n) is 4.13. The van der Waals surface area contributed by atoms with Crippen molar-refractivity contribution in [2.45, 2.75) is 11.8 Å². The summed E-state index contributed by atoms with van der Waals surface area (Å²) >= 11 is 0. The first-order valence-electron chi connectivity index (χ1n) is 6.36. The molecule has 0 fully saturated rings. The quantitative estimate of drug-likeness (QED) is 0.624. The van der Waals surface area contributed by atoms with Crippen molar-refractivity contribution in [3.05, 3.63) is 29.6 Å². The molecule has 0 bridgehead atoms. The number of hydrogen-bond acceptors (Lipinski definition) is 4. The molecule has 0 unspecified atom stereocenters. The Morgan fingerprint density at radius 2 is 2.14 bits per heavy atom. The van der Waals surface area contributed by atoms with Gasteiger partial charge in [0.2, 0.25) is 10.0 Å². The number of rotatable bonds is 6. The lowest BCUT2D eigenvalue weighted by atomic mass is 10.2. The fourth-order valence-electron chi connectivity index (χ4n) is 1.53. The molecule has 0 amide bonds. The van der Waals surface area contributed by atoms with Gasteiger partial charge in [0.05, 0.1) is 17.1 Å². The maximum atomic E-state index is 13.8. The fourth-order valence-corrected chi connectivity index (χ4v) is 2.70. The summed E-state index contributed by atoms with van der Waals surface area (Å²) in [6, 6.07) is 3.49. The standard InChI is InChI=1S/C14H18FNO4S/c1-3-20-10-8-16(2)21(18,19)13-7-6-12(5-4-9-17)14(15)11-13/h6-7,11,17H,3,8-10H2,1-2H3. The monoisotopic (exact) mass is 315 g/mol. The average molecular weight is 315 g/mol. The number of nitrogens with zero attached hydrogens (tertiary/aromatic N) is 1. The molecule has 0 saturated carbocycles. The highest BCUT2D eigenvalue weighted by atomic mass is 32.2. The first kappa shape index (κ1) is 17.6. The van der Waals surface area contributed by atoms with Crippen LogP contribution in [-0.2, 0) is 14.8 Å². The summed E-state index contributed by atoms with van der Waals surface area (Å²) in [6.07, 6.45) is 0. The van der Waals surface area contributed by atoms with E-state index in [4.69, 9.17) is 9.84 Å². The molecule has 0 aliphatic rings. The number of hydrogen-bond donors (Lipinski definition) is 1. The van der Waals surface area contributed by atoms with E-state index >= 15 is 0 Å². The van der Waals surface area contributed by atoms with Crippen LogP contribution in [0.15, 0.2) is 23.1 Å². The summed E-state index contributed by atoms with van der Waals surface area (Å²) in [5.74, 6) is 3.98. The van der Waals surface area contributed by atoms with E-state index in [0.29, 0.717) is 6.61 Å². The minimum absolute atomic E-state index is 0.0416. The van der Waals surface area contributed by atoms with Gasteiger partial charge in [-0.2, -0.15) is 4.31 Å². The van der Waals surface area contributed by atoms with Gasteiger partial charge in [-0.1, -0.05) is 11.8 Å². The van der Waals surface area contributed by atoms with Gasteiger partial charge in [-0.05, 0) is 25.1 Å². The number of sulfonamides is 1. The Hall–Kier alpha value is -1.46. The normalized spacial score (nSPS) is 11.3. The van der Waals surface area contributed by atoms with Gasteiger partial charge >= 0.3 is 0 Å². The second kappa shape index (κ2) is 8.10. The van der Waals surface area contributed by atoms with Crippen molar-refractivity contribution in [2.24, 2.45) is 0 Å². The number of halogens is 1. The van der Waals surface area contributed by atoms with E-state index in [1.807, 2.05) is 6.92 Å². The van der Waals surface area contributed by atoms with Gasteiger partial charge in [0.25, 0.3) is 0 Å². The Morgan fingerprint density at radius 3 is 2.71 bits per heavy atom. The van der Waals surface area contributed by atoms with Gasteiger partial charge in [0.1, 0.15) is 12.4 Å². The molecular weight excluding hydrogens is 297 g/mol. The van der Waals surface area contributed by atoms with E-state index < -0.39 is 15.8 Å². The predicted octanol–water partition coefficient (Wildman–Crippen LogP) is 0.827. The molecule has 0 spiro atoms. The molecule has 7 heteroatoms. The SMILES string of the molecule is CCOCCN(C)S(=O)(=O)c1ccc(C#CCO)c(F)c1. The number of ether oxygens (including phenoxy) is 1. The smallest absolute Gasteiger partial charge is 0.242 e. The third kappa shape index (κ3) is 4.79. The summed E-state index contributed by atoms with van der Waals surface area (Å²) < 4.78 is 44.5. The minimum atomic E-state index is -3.76. The summed E-state index contributed by atoms with van der Waals surface area (Å²) in [7, 11) is -2.35. The van der Waals surface area contributed by atoms with Gasteiger partial charge in [-0.3, -0.25) is 0 Å². The van der Waals surface area contributed by atoms with Crippen LogP contribution in [0.5, 0.6) is 0 Å².